The molecule has 3 rings (SSSR count). The Morgan fingerprint density at radius 1 is 1.05 bits per heavy atom. The van der Waals surface area contributed by atoms with Crippen LogP contribution >= 0.6 is 0 Å². The average Bonchev–Trinajstić information content (AvgIpc) is 2.41. The summed E-state index contributed by atoms with van der Waals surface area (Å²) in [6, 6.07) is 8.30. The molecule has 3 N–H and O–H groups in total. The summed E-state index contributed by atoms with van der Waals surface area (Å²) in [6.45, 7) is 3.81. The molecule has 1 heterocycles. The third-order valence-electron chi connectivity index (χ3n) is 3.40. The molecule has 0 saturated carbocycles. The first-order valence-electron chi connectivity index (χ1n) is 6.58. The third kappa shape index (κ3) is 2.50. The van der Waals surface area contributed by atoms with E-state index in [0.29, 0.717) is 11.5 Å². The number of anilines is 3. The van der Waals surface area contributed by atoms with Gasteiger partial charge < -0.3 is 11.1 Å². The van der Waals surface area contributed by atoms with Gasteiger partial charge in [-0.1, -0.05) is 0 Å². The van der Waals surface area contributed by atoms with E-state index >= 15 is 0 Å². The first kappa shape index (κ1) is 13.3. The molecule has 5 heteroatoms. The molecule has 0 fully saturated rings. The van der Waals surface area contributed by atoms with Gasteiger partial charge in [-0.3, -0.25) is 0 Å². The number of aryl methyl sites for hydroxylation is 2. The van der Waals surface area contributed by atoms with Crippen LogP contribution < -0.4 is 11.1 Å². The SMILES string of the molecule is Cc1cc(F)ccc1Nc1ncnc2cc(N)cc(C)c12. The Balaban J connectivity index is 2.12. The largest absolute Gasteiger partial charge is 0.399 e. The number of nitrogens with two attached hydrogens (primary N) is 1. The molecule has 0 bridgehead atoms. The predicted octanol–water partition coefficient (Wildman–Crippen LogP) is 3.71. The smallest absolute Gasteiger partial charge is 0.141 e. The number of rotatable bonds is 2. The van der Waals surface area contributed by atoms with Crippen LogP contribution in [0.2, 0.25) is 0 Å². The van der Waals surface area contributed by atoms with Crippen molar-refractivity contribution < 1.29 is 4.39 Å². The Labute approximate surface area is 121 Å². The summed E-state index contributed by atoms with van der Waals surface area (Å²) in [7, 11) is 0. The van der Waals surface area contributed by atoms with Gasteiger partial charge in [0.25, 0.3) is 0 Å². The number of nitrogens with zero attached hydrogens (tertiary/aromatic N) is 2. The zero-order chi connectivity index (χ0) is 15.0. The topological polar surface area (TPSA) is 63.8 Å². The van der Waals surface area contributed by atoms with Crippen LogP contribution in [-0.4, -0.2) is 9.97 Å². The van der Waals surface area contributed by atoms with E-state index < -0.39 is 0 Å². The molecule has 0 aliphatic carbocycles. The second-order valence-electron chi connectivity index (χ2n) is 5.04. The van der Waals surface area contributed by atoms with Crippen molar-refractivity contribution in [1.82, 2.24) is 9.97 Å². The zero-order valence-corrected chi connectivity index (χ0v) is 11.8. The van der Waals surface area contributed by atoms with Gasteiger partial charge in [0.05, 0.1) is 5.52 Å². The molecule has 0 aliphatic rings. The molecule has 0 amide bonds. The monoisotopic (exact) mass is 282 g/mol. The predicted molar refractivity (Wildman–Crippen MR) is 83.1 cm³/mol. The lowest BCUT2D eigenvalue weighted by Gasteiger charge is -2.12. The van der Waals surface area contributed by atoms with Crippen molar-refractivity contribution in [2.24, 2.45) is 0 Å². The van der Waals surface area contributed by atoms with Gasteiger partial charge in [-0.05, 0) is 55.3 Å². The second kappa shape index (κ2) is 5.01. The van der Waals surface area contributed by atoms with Crippen LogP contribution in [-0.2, 0) is 0 Å². The van der Waals surface area contributed by atoms with Gasteiger partial charge in [0, 0.05) is 16.8 Å². The van der Waals surface area contributed by atoms with Crippen LogP contribution in [0.25, 0.3) is 10.9 Å². The molecular weight excluding hydrogens is 267 g/mol. The molecule has 0 aliphatic heterocycles. The van der Waals surface area contributed by atoms with Crippen LogP contribution in [0.5, 0.6) is 0 Å². The molecule has 21 heavy (non-hydrogen) atoms. The van der Waals surface area contributed by atoms with Gasteiger partial charge in [0.15, 0.2) is 0 Å². The maximum Gasteiger partial charge on any atom is 0.141 e. The number of hydrogen-bond acceptors (Lipinski definition) is 4. The van der Waals surface area contributed by atoms with Crippen LogP contribution in [0.3, 0.4) is 0 Å². The fourth-order valence-corrected chi connectivity index (χ4v) is 2.41. The highest BCUT2D eigenvalue weighted by Crippen LogP contribution is 2.29. The maximum absolute atomic E-state index is 13.2. The molecule has 1 aromatic heterocycles. The Hall–Kier alpha value is -2.69. The maximum atomic E-state index is 13.2. The lowest BCUT2D eigenvalue weighted by atomic mass is 10.1. The number of nitrogens with one attached hydrogen (secondary N) is 1. The Kier molecular flexibility index (Phi) is 3.17. The van der Waals surface area contributed by atoms with Crippen molar-refractivity contribution in [1.29, 1.82) is 0 Å². The molecule has 0 saturated heterocycles. The van der Waals surface area contributed by atoms with E-state index in [0.717, 1.165) is 27.7 Å². The standard InChI is InChI=1S/C16H15FN4/c1-9-5-11(17)3-4-13(9)21-16-15-10(2)6-12(18)7-14(15)19-8-20-16/h3-8H,18H2,1-2H3,(H,19,20,21). The number of aromatic nitrogens is 2. The number of benzene rings is 2. The molecule has 2 aromatic carbocycles. The molecule has 106 valence electrons. The highest BCUT2D eigenvalue weighted by molar-refractivity contribution is 5.95. The van der Waals surface area contributed by atoms with Crippen LogP contribution in [0.4, 0.5) is 21.6 Å². The molecule has 0 spiro atoms. The van der Waals surface area contributed by atoms with Gasteiger partial charge in [-0.15, -0.1) is 0 Å². The third-order valence-corrected chi connectivity index (χ3v) is 3.40. The molecule has 0 unspecified atom stereocenters. The summed E-state index contributed by atoms with van der Waals surface area (Å²) in [6.07, 6.45) is 1.49. The molecule has 0 radical (unpaired) electrons. The normalized spacial score (nSPS) is 10.8. The van der Waals surface area contributed by atoms with Crippen molar-refractivity contribution in [3.63, 3.8) is 0 Å². The van der Waals surface area contributed by atoms with Gasteiger partial charge in [-0.2, -0.15) is 0 Å². The van der Waals surface area contributed by atoms with Crippen molar-refractivity contribution >= 4 is 28.1 Å². The van der Waals surface area contributed by atoms with Crippen molar-refractivity contribution in [3.8, 4) is 0 Å². The van der Waals surface area contributed by atoms with E-state index in [9.17, 15) is 4.39 Å². The van der Waals surface area contributed by atoms with Gasteiger partial charge in [-0.25, -0.2) is 14.4 Å². The fourth-order valence-electron chi connectivity index (χ4n) is 2.41. The Morgan fingerprint density at radius 2 is 1.86 bits per heavy atom. The summed E-state index contributed by atoms with van der Waals surface area (Å²) >= 11 is 0. The van der Waals surface area contributed by atoms with E-state index in [1.165, 1.54) is 18.5 Å². The van der Waals surface area contributed by atoms with Crippen LogP contribution in [0, 0.1) is 19.7 Å². The quantitative estimate of drug-likeness (QED) is 0.703. The van der Waals surface area contributed by atoms with E-state index in [1.54, 1.807) is 6.07 Å². The van der Waals surface area contributed by atoms with E-state index in [2.05, 4.69) is 15.3 Å². The van der Waals surface area contributed by atoms with Crippen LogP contribution in [0.15, 0.2) is 36.7 Å². The highest BCUT2D eigenvalue weighted by atomic mass is 19.1. The Bertz CT molecular complexity index is 830. The number of hydrogen-bond donors (Lipinski definition) is 2. The van der Waals surface area contributed by atoms with Gasteiger partial charge in [0.1, 0.15) is 18.0 Å². The molecule has 0 atom stereocenters. The lowest BCUT2D eigenvalue weighted by Crippen LogP contribution is -2.00. The Morgan fingerprint density at radius 3 is 2.62 bits per heavy atom. The van der Waals surface area contributed by atoms with E-state index in [4.69, 9.17) is 5.73 Å². The van der Waals surface area contributed by atoms with Crippen molar-refractivity contribution in [2.45, 2.75) is 13.8 Å². The van der Waals surface area contributed by atoms with Gasteiger partial charge >= 0.3 is 0 Å². The summed E-state index contributed by atoms with van der Waals surface area (Å²) in [5, 5.41) is 4.16. The summed E-state index contributed by atoms with van der Waals surface area (Å²) in [5.74, 6) is 0.432. The fraction of sp³-hybridized carbons (Fsp3) is 0.125. The van der Waals surface area contributed by atoms with Crippen LogP contribution in [0.1, 0.15) is 11.1 Å². The van der Waals surface area contributed by atoms with Crippen molar-refractivity contribution in [3.05, 3.63) is 53.6 Å². The lowest BCUT2D eigenvalue weighted by molar-refractivity contribution is 0.627. The molecule has 3 aromatic rings. The number of fused-ring (bicyclic) bond motifs is 1. The van der Waals surface area contributed by atoms with E-state index in [-0.39, 0.29) is 5.82 Å². The van der Waals surface area contributed by atoms with Crippen molar-refractivity contribution in [2.75, 3.05) is 11.1 Å². The average molecular weight is 282 g/mol. The number of nitrogen functional groups attached to an aromatic ring is 1. The summed E-state index contributed by atoms with van der Waals surface area (Å²) in [4.78, 5) is 8.55. The summed E-state index contributed by atoms with van der Waals surface area (Å²) in [5.41, 5.74) is 9.92. The highest BCUT2D eigenvalue weighted by Gasteiger charge is 2.09. The first-order chi connectivity index (χ1) is 10.0. The minimum atomic E-state index is -0.255. The number of halogens is 1. The zero-order valence-electron chi connectivity index (χ0n) is 11.8. The second-order valence-corrected chi connectivity index (χ2v) is 5.04. The van der Waals surface area contributed by atoms with Gasteiger partial charge in [0.2, 0.25) is 0 Å². The minimum Gasteiger partial charge on any atom is -0.399 e. The minimum absolute atomic E-state index is 0.255. The molecule has 4 nitrogen and oxygen atoms in total. The summed E-state index contributed by atoms with van der Waals surface area (Å²) < 4.78 is 13.2. The first-order valence-corrected chi connectivity index (χ1v) is 6.58. The molecular formula is C16H15FN4. The van der Waals surface area contributed by atoms with E-state index in [1.807, 2.05) is 26.0 Å².